The van der Waals surface area contributed by atoms with Gasteiger partial charge in [-0.25, -0.2) is 0 Å². The summed E-state index contributed by atoms with van der Waals surface area (Å²) < 4.78 is 14.1. The first-order valence-corrected chi connectivity index (χ1v) is 10.4. The van der Waals surface area contributed by atoms with Crippen LogP contribution in [0, 0.1) is 45.3 Å². The molecule has 0 atom stereocenters. The van der Waals surface area contributed by atoms with Crippen molar-refractivity contribution in [2.75, 3.05) is 0 Å². The molecule has 0 radical (unpaired) electrons. The molecular weight excluding hydrogens is 426 g/mol. The van der Waals surface area contributed by atoms with Gasteiger partial charge in [-0.1, -0.05) is 12.1 Å². The predicted molar refractivity (Wildman–Crippen MR) is 127 cm³/mol. The minimum atomic E-state index is -0.0197. The highest BCUT2D eigenvalue weighted by Crippen LogP contribution is 2.37. The van der Waals surface area contributed by atoms with Gasteiger partial charge in [0.15, 0.2) is 5.58 Å². The second-order valence-electron chi connectivity index (χ2n) is 7.71. The minimum absolute atomic E-state index is 0.0161. The fourth-order valence-electron chi connectivity index (χ4n) is 3.77. The van der Waals surface area contributed by atoms with Gasteiger partial charge in [0.2, 0.25) is 0 Å². The summed E-state index contributed by atoms with van der Waals surface area (Å²) in [4.78, 5) is 0. The van der Waals surface area contributed by atoms with Crippen LogP contribution in [0.5, 0.6) is 0 Å². The molecule has 162 valence electrons. The van der Waals surface area contributed by atoms with Gasteiger partial charge in [0.05, 0.1) is 11.0 Å². The normalized spacial score (nSPS) is 10.7. The summed E-state index contributed by atoms with van der Waals surface area (Å²) in [5, 5.41) is 36.6. The second kappa shape index (κ2) is 9.09. The lowest BCUT2D eigenvalue weighted by molar-refractivity contribution is 0.571. The monoisotopic (exact) mass is 443 g/mol. The van der Waals surface area contributed by atoms with Crippen LogP contribution in [0.2, 0.25) is 0 Å². The Bertz CT molecular complexity index is 1640. The molecule has 0 fully saturated rings. The van der Waals surface area contributed by atoms with E-state index in [1.54, 1.807) is 24.3 Å². The number of furan rings is 2. The van der Waals surface area contributed by atoms with Gasteiger partial charge in [-0.2, -0.15) is 21.0 Å². The first kappa shape index (κ1) is 22.0. The first-order chi connectivity index (χ1) is 16.5. The van der Waals surface area contributed by atoms with Crippen molar-refractivity contribution in [3.63, 3.8) is 0 Å². The lowest BCUT2D eigenvalue weighted by Crippen LogP contribution is -1.99. The number of benzene rings is 1. The molecule has 3 heterocycles. The number of hydrogen-bond donors (Lipinski definition) is 0. The summed E-state index contributed by atoms with van der Waals surface area (Å²) >= 11 is 0. The topological polar surface area (TPSA) is 126 Å². The van der Waals surface area contributed by atoms with Crippen LogP contribution in [0.25, 0.3) is 45.5 Å². The average molecular weight is 443 g/mol. The highest BCUT2D eigenvalue weighted by molar-refractivity contribution is 6.06. The Morgan fingerprint density at radius 1 is 0.853 bits per heavy atom. The number of fused-ring (bicyclic) bond motifs is 3. The van der Waals surface area contributed by atoms with Crippen molar-refractivity contribution in [2.45, 2.75) is 19.9 Å². The third-order valence-corrected chi connectivity index (χ3v) is 5.21. The van der Waals surface area contributed by atoms with Crippen molar-refractivity contribution in [1.82, 2.24) is 4.57 Å². The summed E-state index contributed by atoms with van der Waals surface area (Å²) in [6, 6.07) is 18.9. The van der Waals surface area contributed by atoms with Gasteiger partial charge in [0.25, 0.3) is 0 Å². The molecule has 4 rings (SSSR count). The molecular formula is C27H17N5O2. The third kappa shape index (κ3) is 3.98. The standard InChI is InChI=1S/C27H17N5O2/c1-17(2)32-24-11-20(26-9-7-21(33-26)5-3-4-18(13-28)14-29)6-8-23(24)27-25(32)12-22(34-27)10-19(15-30)16-31/h3-12,17H,1-2H3/b5-3+. The number of aromatic nitrogens is 1. The Labute approximate surface area is 195 Å². The largest absolute Gasteiger partial charge is 0.457 e. The zero-order chi connectivity index (χ0) is 24.2. The molecule has 0 aliphatic carbocycles. The summed E-state index contributed by atoms with van der Waals surface area (Å²) in [5.41, 5.74) is 3.43. The smallest absolute Gasteiger partial charge is 0.160 e. The van der Waals surface area contributed by atoms with Crippen LogP contribution < -0.4 is 0 Å². The van der Waals surface area contributed by atoms with Crippen LogP contribution in [-0.2, 0) is 0 Å². The number of nitrogens with zero attached hydrogens (tertiary/aromatic N) is 5. The maximum Gasteiger partial charge on any atom is 0.160 e. The van der Waals surface area contributed by atoms with Crippen molar-refractivity contribution in [2.24, 2.45) is 0 Å². The highest BCUT2D eigenvalue weighted by atomic mass is 16.3. The van der Waals surface area contributed by atoms with E-state index >= 15 is 0 Å². The van der Waals surface area contributed by atoms with E-state index in [2.05, 4.69) is 18.4 Å². The van der Waals surface area contributed by atoms with Gasteiger partial charge in [0.1, 0.15) is 52.7 Å². The van der Waals surface area contributed by atoms with Gasteiger partial charge in [-0.3, -0.25) is 0 Å². The lowest BCUT2D eigenvalue weighted by atomic mass is 10.1. The van der Waals surface area contributed by atoms with E-state index in [0.717, 1.165) is 22.0 Å². The van der Waals surface area contributed by atoms with Gasteiger partial charge in [-0.05, 0) is 50.3 Å². The average Bonchev–Trinajstić information content (AvgIpc) is 3.53. The molecule has 3 aromatic heterocycles. The molecule has 0 N–H and O–H groups in total. The van der Waals surface area contributed by atoms with E-state index in [1.807, 2.05) is 48.5 Å². The van der Waals surface area contributed by atoms with Gasteiger partial charge < -0.3 is 13.4 Å². The Morgan fingerprint density at radius 2 is 1.59 bits per heavy atom. The zero-order valence-electron chi connectivity index (χ0n) is 18.4. The Hall–Kier alpha value is -5.24. The van der Waals surface area contributed by atoms with E-state index in [-0.39, 0.29) is 17.2 Å². The van der Waals surface area contributed by atoms with Crippen LogP contribution in [0.3, 0.4) is 0 Å². The summed E-state index contributed by atoms with van der Waals surface area (Å²) in [7, 11) is 0. The molecule has 0 aliphatic heterocycles. The van der Waals surface area contributed by atoms with Crippen LogP contribution in [0.15, 0.2) is 68.5 Å². The minimum Gasteiger partial charge on any atom is -0.457 e. The Morgan fingerprint density at radius 3 is 2.26 bits per heavy atom. The Balaban J connectivity index is 1.76. The van der Waals surface area contributed by atoms with Crippen molar-refractivity contribution in [3.05, 3.63) is 71.2 Å². The van der Waals surface area contributed by atoms with E-state index < -0.39 is 0 Å². The number of nitriles is 4. The fraction of sp³-hybridized carbons (Fsp3) is 0.111. The molecule has 7 heteroatoms. The zero-order valence-corrected chi connectivity index (χ0v) is 18.4. The van der Waals surface area contributed by atoms with Crippen molar-refractivity contribution >= 4 is 34.2 Å². The van der Waals surface area contributed by atoms with Crippen molar-refractivity contribution in [3.8, 4) is 35.6 Å². The van der Waals surface area contributed by atoms with Crippen LogP contribution in [-0.4, -0.2) is 4.57 Å². The molecule has 0 amide bonds. The number of rotatable bonds is 5. The van der Waals surface area contributed by atoms with E-state index in [9.17, 15) is 0 Å². The van der Waals surface area contributed by atoms with Gasteiger partial charge >= 0.3 is 0 Å². The maximum absolute atomic E-state index is 9.03. The van der Waals surface area contributed by atoms with Gasteiger partial charge in [-0.15, -0.1) is 0 Å². The maximum atomic E-state index is 9.03. The quantitative estimate of drug-likeness (QED) is 0.251. The first-order valence-electron chi connectivity index (χ1n) is 10.4. The molecule has 0 aliphatic rings. The molecule has 1 aromatic carbocycles. The van der Waals surface area contributed by atoms with Crippen LogP contribution >= 0.6 is 0 Å². The van der Waals surface area contributed by atoms with Crippen molar-refractivity contribution in [1.29, 1.82) is 21.0 Å². The molecule has 0 saturated heterocycles. The fourth-order valence-corrected chi connectivity index (χ4v) is 3.77. The summed E-state index contributed by atoms with van der Waals surface area (Å²) in [6.45, 7) is 4.15. The molecule has 7 nitrogen and oxygen atoms in total. The summed E-state index contributed by atoms with van der Waals surface area (Å²) in [6.07, 6.45) is 6.15. The van der Waals surface area contributed by atoms with E-state index in [4.69, 9.17) is 29.9 Å². The Kier molecular flexibility index (Phi) is 5.88. The lowest BCUT2D eigenvalue weighted by Gasteiger charge is -2.11. The van der Waals surface area contributed by atoms with Crippen LogP contribution in [0.1, 0.15) is 31.4 Å². The van der Waals surface area contributed by atoms with Gasteiger partial charge in [0, 0.05) is 29.1 Å². The molecule has 0 spiro atoms. The predicted octanol–water partition coefficient (Wildman–Crippen LogP) is 6.65. The van der Waals surface area contributed by atoms with Crippen molar-refractivity contribution < 1.29 is 8.83 Å². The molecule has 4 aromatic rings. The molecule has 0 saturated carbocycles. The molecule has 34 heavy (non-hydrogen) atoms. The van der Waals surface area contributed by atoms with E-state index in [0.29, 0.717) is 22.9 Å². The van der Waals surface area contributed by atoms with E-state index in [1.165, 1.54) is 12.2 Å². The number of allylic oxidation sites excluding steroid dienone is 4. The second-order valence-corrected chi connectivity index (χ2v) is 7.71. The third-order valence-electron chi connectivity index (χ3n) is 5.21. The van der Waals surface area contributed by atoms with Crippen LogP contribution in [0.4, 0.5) is 0 Å². The number of hydrogen-bond acceptors (Lipinski definition) is 6. The molecule has 0 unspecified atom stereocenters. The highest BCUT2D eigenvalue weighted by Gasteiger charge is 2.18. The molecule has 0 bridgehead atoms. The summed E-state index contributed by atoms with van der Waals surface area (Å²) in [5.74, 6) is 1.73. The SMILES string of the molecule is CC(C)n1c2cc(-c3ccc(/C=C/C=C(C#N)C#N)o3)ccc2c2oc(C=C(C#N)C#N)cc21.